The van der Waals surface area contributed by atoms with Crippen LogP contribution in [0.15, 0.2) is 66.9 Å². The summed E-state index contributed by atoms with van der Waals surface area (Å²) in [6, 6.07) is 18.3. The van der Waals surface area contributed by atoms with Crippen molar-refractivity contribution in [1.82, 2.24) is 14.9 Å². The van der Waals surface area contributed by atoms with Gasteiger partial charge in [-0.2, -0.15) is 13.2 Å². The fourth-order valence-corrected chi connectivity index (χ4v) is 6.44. The molecule has 0 spiro atoms. The van der Waals surface area contributed by atoms with E-state index in [1.165, 1.54) is 17.5 Å². The zero-order valence-electron chi connectivity index (χ0n) is 22.8. The van der Waals surface area contributed by atoms with Gasteiger partial charge in [0.25, 0.3) is 0 Å². The summed E-state index contributed by atoms with van der Waals surface area (Å²) in [6.07, 6.45) is 0.368. The number of alkyl halides is 3. The Bertz CT molecular complexity index is 1440. The first-order valence-corrected chi connectivity index (χ1v) is 14.5. The quantitative estimate of drug-likeness (QED) is 0.207. The Morgan fingerprint density at radius 3 is 2.60 bits per heavy atom. The molecule has 4 aromatic rings. The number of anilines is 2. The smallest absolute Gasteiger partial charge is 0.434 e. The molecule has 2 aromatic carbocycles. The van der Waals surface area contributed by atoms with E-state index in [2.05, 4.69) is 47.0 Å². The van der Waals surface area contributed by atoms with Crippen LogP contribution in [0.4, 0.5) is 24.0 Å². The minimum absolute atomic E-state index is 0.0616. The van der Waals surface area contributed by atoms with Crippen LogP contribution in [0.2, 0.25) is 0 Å². The summed E-state index contributed by atoms with van der Waals surface area (Å²) >= 11 is 0.952. The van der Waals surface area contributed by atoms with Crippen LogP contribution in [0.25, 0.3) is 10.4 Å². The molecule has 1 aliphatic rings. The third kappa shape index (κ3) is 6.00. The minimum atomic E-state index is -4.59. The molecule has 40 heavy (non-hydrogen) atoms. The summed E-state index contributed by atoms with van der Waals surface area (Å²) < 4.78 is 48.1. The molecule has 0 bridgehead atoms. The first-order chi connectivity index (χ1) is 19.3. The van der Waals surface area contributed by atoms with E-state index in [4.69, 9.17) is 4.74 Å². The van der Waals surface area contributed by atoms with E-state index in [1.807, 2.05) is 12.1 Å². The second-order valence-electron chi connectivity index (χ2n) is 10.2. The number of halogens is 3. The fourth-order valence-electron chi connectivity index (χ4n) is 5.43. The Kier molecular flexibility index (Phi) is 8.42. The Balaban J connectivity index is 1.46. The molecule has 0 fully saturated rings. The second kappa shape index (κ2) is 12.0. The van der Waals surface area contributed by atoms with Gasteiger partial charge in [0.1, 0.15) is 11.4 Å². The van der Waals surface area contributed by atoms with Crippen LogP contribution in [0, 0.1) is 5.92 Å². The standard InChI is InChI=1S/C31H33F3N4OS/c1-4-11-20(3)18-24-26-22(19-38(24)5-2)14-9-16-25(26)39-29-23(15-10-17-35-29)36-30-37-28(31(32,33)34)27(40-30)21-12-7-6-8-13-21/h6-10,12-17,20,24H,4-5,11,18-19H2,1-3H3,(H,36,37). The van der Waals surface area contributed by atoms with Crippen LogP contribution in [0.5, 0.6) is 11.6 Å². The van der Waals surface area contributed by atoms with Crippen molar-refractivity contribution in [2.75, 3.05) is 11.9 Å². The maximum atomic E-state index is 13.9. The Labute approximate surface area is 237 Å². The van der Waals surface area contributed by atoms with E-state index in [9.17, 15) is 13.2 Å². The highest BCUT2D eigenvalue weighted by Crippen LogP contribution is 2.46. The van der Waals surface area contributed by atoms with E-state index >= 15 is 0 Å². The van der Waals surface area contributed by atoms with Crippen molar-refractivity contribution in [3.8, 4) is 22.1 Å². The molecule has 2 aromatic heterocycles. The van der Waals surface area contributed by atoms with Gasteiger partial charge in [-0.15, -0.1) is 0 Å². The van der Waals surface area contributed by atoms with Gasteiger partial charge in [-0.1, -0.05) is 87.4 Å². The molecule has 3 heterocycles. The van der Waals surface area contributed by atoms with Gasteiger partial charge in [0, 0.05) is 24.3 Å². The Morgan fingerprint density at radius 1 is 1.07 bits per heavy atom. The van der Waals surface area contributed by atoms with E-state index in [0.29, 0.717) is 17.2 Å². The van der Waals surface area contributed by atoms with Gasteiger partial charge >= 0.3 is 6.18 Å². The lowest BCUT2D eigenvalue weighted by atomic mass is 9.92. The SMILES string of the molecule is CCCC(C)CC1c2c(cccc2Oc2ncccc2Nc2nc(C(F)(F)F)c(-c3ccccc3)s2)CN1CC. The number of ether oxygens (including phenoxy) is 1. The molecule has 9 heteroatoms. The molecule has 0 amide bonds. The summed E-state index contributed by atoms with van der Waals surface area (Å²) in [7, 11) is 0. The predicted octanol–water partition coefficient (Wildman–Crippen LogP) is 9.46. The molecule has 0 saturated carbocycles. The predicted molar refractivity (Wildman–Crippen MR) is 154 cm³/mol. The molecule has 0 aliphatic carbocycles. The maximum Gasteiger partial charge on any atom is 0.434 e. The summed E-state index contributed by atoms with van der Waals surface area (Å²) in [5.41, 5.74) is 2.40. The molecule has 0 saturated heterocycles. The van der Waals surface area contributed by atoms with E-state index < -0.39 is 11.9 Å². The maximum absolute atomic E-state index is 13.9. The molecule has 5 rings (SSSR count). The topological polar surface area (TPSA) is 50.3 Å². The molecule has 1 aliphatic heterocycles. The molecule has 210 valence electrons. The van der Waals surface area contributed by atoms with Gasteiger partial charge in [0.05, 0.1) is 4.88 Å². The summed E-state index contributed by atoms with van der Waals surface area (Å²) in [5, 5.41) is 3.17. The number of nitrogens with zero attached hydrogens (tertiary/aromatic N) is 3. The average molecular weight is 567 g/mol. The largest absolute Gasteiger partial charge is 0.437 e. The molecular formula is C31H33F3N4OS. The summed E-state index contributed by atoms with van der Waals surface area (Å²) in [6.45, 7) is 8.48. The number of nitrogens with one attached hydrogen (secondary N) is 1. The lowest BCUT2D eigenvalue weighted by Gasteiger charge is -2.27. The Morgan fingerprint density at radius 2 is 1.88 bits per heavy atom. The number of hydrogen-bond donors (Lipinski definition) is 1. The highest BCUT2D eigenvalue weighted by Gasteiger charge is 2.38. The molecule has 2 unspecified atom stereocenters. The first kappa shape index (κ1) is 28.1. The van der Waals surface area contributed by atoms with Gasteiger partial charge < -0.3 is 10.1 Å². The monoisotopic (exact) mass is 566 g/mol. The van der Waals surface area contributed by atoms with E-state index in [0.717, 1.165) is 43.0 Å². The van der Waals surface area contributed by atoms with Crippen molar-refractivity contribution in [3.63, 3.8) is 0 Å². The van der Waals surface area contributed by atoms with Crippen LogP contribution < -0.4 is 10.1 Å². The second-order valence-corrected chi connectivity index (χ2v) is 11.2. The normalized spacial score (nSPS) is 16.1. The number of benzene rings is 2. The van der Waals surface area contributed by atoms with Crippen LogP contribution >= 0.6 is 11.3 Å². The summed E-state index contributed by atoms with van der Waals surface area (Å²) in [5.74, 6) is 1.59. The molecule has 5 nitrogen and oxygen atoms in total. The molecular weight excluding hydrogens is 533 g/mol. The van der Waals surface area contributed by atoms with E-state index in [1.54, 1.807) is 48.7 Å². The number of hydrogen-bond acceptors (Lipinski definition) is 6. The third-order valence-electron chi connectivity index (χ3n) is 7.27. The van der Waals surface area contributed by atoms with Crippen molar-refractivity contribution < 1.29 is 17.9 Å². The summed E-state index contributed by atoms with van der Waals surface area (Å²) in [4.78, 5) is 10.9. The number of thiazole rings is 1. The van der Waals surface area contributed by atoms with Crippen molar-refractivity contribution >= 4 is 22.2 Å². The van der Waals surface area contributed by atoms with Crippen LogP contribution in [-0.4, -0.2) is 21.4 Å². The van der Waals surface area contributed by atoms with Crippen LogP contribution in [0.3, 0.4) is 0 Å². The zero-order chi connectivity index (χ0) is 28.3. The lowest BCUT2D eigenvalue weighted by molar-refractivity contribution is -0.140. The highest BCUT2D eigenvalue weighted by molar-refractivity contribution is 7.19. The van der Waals surface area contributed by atoms with E-state index in [-0.39, 0.29) is 21.9 Å². The zero-order valence-corrected chi connectivity index (χ0v) is 23.6. The number of fused-ring (bicyclic) bond motifs is 1. The van der Waals surface area contributed by atoms with Crippen molar-refractivity contribution in [1.29, 1.82) is 0 Å². The molecule has 0 radical (unpaired) electrons. The van der Waals surface area contributed by atoms with Gasteiger partial charge in [0.2, 0.25) is 5.88 Å². The fraction of sp³-hybridized carbons (Fsp3) is 0.355. The van der Waals surface area contributed by atoms with Gasteiger partial charge in [-0.3, -0.25) is 4.90 Å². The number of pyridine rings is 1. The Hall–Kier alpha value is -3.43. The highest BCUT2D eigenvalue weighted by atomic mass is 32.1. The van der Waals surface area contributed by atoms with Crippen molar-refractivity contribution in [2.24, 2.45) is 5.92 Å². The third-order valence-corrected chi connectivity index (χ3v) is 8.29. The van der Waals surface area contributed by atoms with Crippen molar-refractivity contribution in [3.05, 3.63) is 83.7 Å². The number of aromatic nitrogens is 2. The molecule has 2 atom stereocenters. The van der Waals surface area contributed by atoms with Gasteiger partial charge in [-0.25, -0.2) is 9.97 Å². The number of rotatable bonds is 10. The van der Waals surface area contributed by atoms with Crippen LogP contribution in [0.1, 0.15) is 62.9 Å². The van der Waals surface area contributed by atoms with Crippen molar-refractivity contribution in [2.45, 2.75) is 58.8 Å². The average Bonchev–Trinajstić information content (AvgIpc) is 3.53. The van der Waals surface area contributed by atoms with Gasteiger partial charge in [0.15, 0.2) is 10.8 Å². The first-order valence-electron chi connectivity index (χ1n) is 13.7. The minimum Gasteiger partial charge on any atom is -0.437 e. The van der Waals surface area contributed by atoms with Crippen LogP contribution in [-0.2, 0) is 12.7 Å². The molecule has 1 N–H and O–H groups in total. The van der Waals surface area contributed by atoms with Gasteiger partial charge in [-0.05, 0) is 48.2 Å². The lowest BCUT2D eigenvalue weighted by Crippen LogP contribution is -2.23.